The van der Waals surface area contributed by atoms with Crippen LogP contribution in [0.4, 0.5) is 0 Å². The van der Waals surface area contributed by atoms with Crippen molar-refractivity contribution in [3.05, 3.63) is 45.4 Å². The molecule has 0 spiro atoms. The number of carbonyl (C=O) groups excluding carboxylic acids is 3. The standard InChI is InChI=1S/C21H26N2O6S2/c1-13-9-17(14(2)23(13)16-6-8-31(27,28)12-16)19(25)11-29-21(26)10-18(22-15(3)24)20-5-4-7-30-20/h4-5,7,9,16,18H,6,8,10-12H2,1-3H3,(H,22,24). The number of ether oxygens (including phenoxy) is 1. The van der Waals surface area contributed by atoms with Crippen molar-refractivity contribution in [1.82, 2.24) is 9.88 Å². The number of carbonyl (C=O) groups is 3. The summed E-state index contributed by atoms with van der Waals surface area (Å²) in [7, 11) is -3.05. The molecule has 2 aromatic heterocycles. The highest BCUT2D eigenvalue weighted by atomic mass is 32.2. The van der Waals surface area contributed by atoms with Gasteiger partial charge in [-0.3, -0.25) is 14.4 Å². The molecule has 1 saturated heterocycles. The zero-order valence-corrected chi connectivity index (χ0v) is 19.3. The topological polar surface area (TPSA) is 112 Å². The fraction of sp³-hybridized carbons (Fsp3) is 0.476. The molecule has 168 valence electrons. The van der Waals surface area contributed by atoms with Crippen LogP contribution < -0.4 is 5.32 Å². The van der Waals surface area contributed by atoms with Crippen LogP contribution in [-0.4, -0.2) is 48.8 Å². The smallest absolute Gasteiger partial charge is 0.308 e. The Bertz CT molecular complexity index is 1090. The molecule has 10 heteroatoms. The van der Waals surface area contributed by atoms with Crippen LogP contribution in [0, 0.1) is 13.8 Å². The lowest BCUT2D eigenvalue weighted by molar-refractivity contribution is -0.143. The number of nitrogens with one attached hydrogen (secondary N) is 1. The molecule has 2 aromatic rings. The van der Waals surface area contributed by atoms with Crippen LogP contribution >= 0.6 is 11.3 Å². The molecule has 8 nitrogen and oxygen atoms in total. The van der Waals surface area contributed by atoms with Gasteiger partial charge >= 0.3 is 5.97 Å². The van der Waals surface area contributed by atoms with Crippen molar-refractivity contribution < 1.29 is 27.5 Å². The van der Waals surface area contributed by atoms with E-state index < -0.39 is 28.5 Å². The Morgan fingerprint density at radius 2 is 2.06 bits per heavy atom. The van der Waals surface area contributed by atoms with Gasteiger partial charge in [-0.05, 0) is 37.8 Å². The molecule has 31 heavy (non-hydrogen) atoms. The summed E-state index contributed by atoms with van der Waals surface area (Å²) in [5.74, 6) is -0.977. The first-order valence-corrected chi connectivity index (χ1v) is 12.7. The van der Waals surface area contributed by atoms with Gasteiger partial charge in [0, 0.05) is 34.8 Å². The molecule has 1 fully saturated rings. The van der Waals surface area contributed by atoms with Crippen molar-refractivity contribution in [3.8, 4) is 0 Å². The molecule has 1 N–H and O–H groups in total. The second kappa shape index (κ2) is 9.35. The number of nitrogens with zero attached hydrogens (tertiary/aromatic N) is 1. The fourth-order valence-corrected chi connectivity index (χ4v) is 6.49. The molecular formula is C21H26N2O6S2. The molecule has 0 bridgehead atoms. The van der Waals surface area contributed by atoms with Crippen LogP contribution in [0.1, 0.15) is 58.5 Å². The molecule has 2 atom stereocenters. The quantitative estimate of drug-likeness (QED) is 0.473. The minimum atomic E-state index is -3.05. The van der Waals surface area contributed by atoms with E-state index in [1.54, 1.807) is 13.0 Å². The molecule has 0 aromatic carbocycles. The summed E-state index contributed by atoms with van der Waals surface area (Å²) in [5.41, 5.74) is 1.90. The Balaban J connectivity index is 1.63. The molecule has 1 amide bonds. The highest BCUT2D eigenvalue weighted by Gasteiger charge is 2.32. The average molecular weight is 467 g/mol. The summed E-state index contributed by atoms with van der Waals surface area (Å²) in [5, 5.41) is 4.58. The minimum Gasteiger partial charge on any atom is -0.457 e. The molecule has 3 rings (SSSR count). The van der Waals surface area contributed by atoms with Gasteiger partial charge < -0.3 is 14.6 Å². The second-order valence-corrected chi connectivity index (χ2v) is 11.0. The van der Waals surface area contributed by atoms with E-state index in [1.807, 2.05) is 29.0 Å². The third-order valence-corrected chi connectivity index (χ3v) is 8.09. The Kier molecular flexibility index (Phi) is 7.00. The molecule has 2 unspecified atom stereocenters. The Morgan fingerprint density at radius 1 is 1.32 bits per heavy atom. The monoisotopic (exact) mass is 466 g/mol. The number of rotatable bonds is 8. The number of amides is 1. The first-order chi connectivity index (χ1) is 14.6. The Labute approximate surface area is 185 Å². The third kappa shape index (κ3) is 5.62. The SMILES string of the molecule is CC(=O)NC(CC(=O)OCC(=O)c1cc(C)n(C2CCS(=O)(=O)C2)c1C)c1cccs1. The van der Waals surface area contributed by atoms with Crippen LogP contribution in [-0.2, 0) is 24.2 Å². The molecule has 3 heterocycles. The lowest BCUT2D eigenvalue weighted by Gasteiger charge is -2.16. The minimum absolute atomic E-state index is 0.0687. The van der Waals surface area contributed by atoms with Gasteiger partial charge in [0.2, 0.25) is 11.7 Å². The van der Waals surface area contributed by atoms with E-state index in [9.17, 15) is 22.8 Å². The lowest BCUT2D eigenvalue weighted by Crippen LogP contribution is -2.28. The number of esters is 1. The third-order valence-electron chi connectivity index (χ3n) is 5.36. The second-order valence-electron chi connectivity index (χ2n) is 7.77. The Morgan fingerprint density at radius 3 is 2.65 bits per heavy atom. The summed E-state index contributed by atoms with van der Waals surface area (Å²) >= 11 is 1.42. The van der Waals surface area contributed by atoms with E-state index >= 15 is 0 Å². The van der Waals surface area contributed by atoms with Gasteiger partial charge in [-0.15, -0.1) is 11.3 Å². The van der Waals surface area contributed by atoms with Crippen LogP contribution in [0.25, 0.3) is 0 Å². The number of thiophene rings is 1. The first-order valence-electron chi connectivity index (χ1n) is 9.95. The highest BCUT2D eigenvalue weighted by molar-refractivity contribution is 7.91. The zero-order valence-electron chi connectivity index (χ0n) is 17.7. The maximum absolute atomic E-state index is 12.7. The molecule has 0 radical (unpaired) electrons. The van der Waals surface area contributed by atoms with Gasteiger partial charge in [0.1, 0.15) is 0 Å². The van der Waals surface area contributed by atoms with Crippen molar-refractivity contribution in [2.75, 3.05) is 18.1 Å². The number of sulfone groups is 1. The van der Waals surface area contributed by atoms with Gasteiger partial charge in [0.25, 0.3) is 0 Å². The summed E-state index contributed by atoms with van der Waals surface area (Å²) in [6, 6.07) is 4.67. The van der Waals surface area contributed by atoms with E-state index in [4.69, 9.17) is 4.74 Å². The molecule has 0 saturated carbocycles. The normalized spacial score (nSPS) is 18.5. The molecule has 0 aliphatic carbocycles. The number of aromatic nitrogens is 1. The van der Waals surface area contributed by atoms with E-state index in [0.29, 0.717) is 17.7 Å². The maximum Gasteiger partial charge on any atom is 0.308 e. The lowest BCUT2D eigenvalue weighted by atomic mass is 10.1. The zero-order chi connectivity index (χ0) is 22.8. The number of hydrogen-bond acceptors (Lipinski definition) is 7. The predicted octanol–water partition coefficient (Wildman–Crippen LogP) is 2.52. The van der Waals surface area contributed by atoms with Gasteiger partial charge in [0.05, 0.1) is 24.0 Å². The van der Waals surface area contributed by atoms with E-state index in [1.165, 1.54) is 18.3 Å². The van der Waals surface area contributed by atoms with Gasteiger partial charge in [-0.25, -0.2) is 8.42 Å². The van der Waals surface area contributed by atoms with Crippen LogP contribution in [0.3, 0.4) is 0 Å². The largest absolute Gasteiger partial charge is 0.457 e. The van der Waals surface area contributed by atoms with Crippen LogP contribution in [0.15, 0.2) is 23.6 Å². The molecule has 1 aliphatic heterocycles. The predicted molar refractivity (Wildman–Crippen MR) is 117 cm³/mol. The number of hydrogen-bond donors (Lipinski definition) is 1. The van der Waals surface area contributed by atoms with Crippen LogP contribution in [0.5, 0.6) is 0 Å². The molecular weight excluding hydrogens is 440 g/mol. The number of ketones is 1. The van der Waals surface area contributed by atoms with Crippen LogP contribution in [0.2, 0.25) is 0 Å². The van der Waals surface area contributed by atoms with Crippen molar-refractivity contribution in [2.24, 2.45) is 0 Å². The van der Waals surface area contributed by atoms with E-state index in [-0.39, 0.29) is 35.7 Å². The summed E-state index contributed by atoms with van der Waals surface area (Å²) < 4.78 is 30.7. The fourth-order valence-electron chi connectivity index (χ4n) is 4.01. The van der Waals surface area contributed by atoms with Crippen molar-refractivity contribution in [2.45, 2.75) is 45.7 Å². The van der Waals surface area contributed by atoms with Gasteiger partial charge in [-0.2, -0.15) is 0 Å². The number of Topliss-reactive ketones (excluding diaryl/α,β-unsaturated/α-hetero) is 1. The maximum atomic E-state index is 12.7. The molecule has 1 aliphatic rings. The van der Waals surface area contributed by atoms with Crippen molar-refractivity contribution in [1.29, 1.82) is 0 Å². The van der Waals surface area contributed by atoms with E-state index in [2.05, 4.69) is 5.32 Å². The summed E-state index contributed by atoms with van der Waals surface area (Å²) in [4.78, 5) is 37.3. The average Bonchev–Trinajstić information content (AvgIpc) is 3.39. The van der Waals surface area contributed by atoms with Gasteiger partial charge in [0.15, 0.2) is 16.4 Å². The Hall–Kier alpha value is -2.46. The van der Waals surface area contributed by atoms with Gasteiger partial charge in [-0.1, -0.05) is 6.07 Å². The highest BCUT2D eigenvalue weighted by Crippen LogP contribution is 2.29. The number of aryl methyl sites for hydroxylation is 1. The summed E-state index contributed by atoms with van der Waals surface area (Å²) in [6.07, 6.45) is 0.445. The first kappa shape index (κ1) is 23.2. The van der Waals surface area contributed by atoms with Crippen molar-refractivity contribution >= 4 is 38.8 Å². The van der Waals surface area contributed by atoms with Crippen molar-refractivity contribution in [3.63, 3.8) is 0 Å². The van der Waals surface area contributed by atoms with E-state index in [0.717, 1.165) is 10.6 Å². The summed E-state index contributed by atoms with van der Waals surface area (Å²) in [6.45, 7) is 4.57.